The van der Waals surface area contributed by atoms with Crippen molar-refractivity contribution < 1.29 is 4.79 Å². The summed E-state index contributed by atoms with van der Waals surface area (Å²) in [5.74, 6) is 0.0710. The van der Waals surface area contributed by atoms with Crippen molar-refractivity contribution in [1.82, 2.24) is 19.4 Å². The van der Waals surface area contributed by atoms with Gasteiger partial charge in [0.25, 0.3) is 11.5 Å². The lowest BCUT2D eigenvalue weighted by molar-refractivity contribution is 0.0664. The summed E-state index contributed by atoms with van der Waals surface area (Å²) < 4.78 is 1.55. The van der Waals surface area contributed by atoms with Crippen molar-refractivity contribution >= 4 is 16.8 Å². The Labute approximate surface area is 157 Å². The summed E-state index contributed by atoms with van der Waals surface area (Å²) in [4.78, 5) is 33.4. The van der Waals surface area contributed by atoms with Crippen molar-refractivity contribution in [2.75, 3.05) is 33.2 Å². The summed E-state index contributed by atoms with van der Waals surface area (Å²) in [6, 6.07) is 11.3. The van der Waals surface area contributed by atoms with Gasteiger partial charge in [0, 0.05) is 62.1 Å². The van der Waals surface area contributed by atoms with Crippen LogP contribution in [0.1, 0.15) is 10.4 Å². The van der Waals surface area contributed by atoms with Crippen LogP contribution in [0.3, 0.4) is 0 Å². The second-order valence-corrected chi connectivity index (χ2v) is 7.03. The summed E-state index contributed by atoms with van der Waals surface area (Å²) in [6.07, 6.45) is 3.45. The zero-order valence-corrected chi connectivity index (χ0v) is 15.6. The van der Waals surface area contributed by atoms with E-state index in [0.717, 1.165) is 42.7 Å². The number of fused-ring (bicyclic) bond motifs is 1. The van der Waals surface area contributed by atoms with Gasteiger partial charge in [-0.1, -0.05) is 18.2 Å². The van der Waals surface area contributed by atoms with Crippen molar-refractivity contribution in [2.24, 2.45) is 7.05 Å². The predicted octanol–water partition coefficient (Wildman–Crippen LogP) is 1.99. The maximum absolute atomic E-state index is 12.7. The third kappa shape index (κ3) is 3.24. The highest BCUT2D eigenvalue weighted by Crippen LogP contribution is 2.26. The van der Waals surface area contributed by atoms with Crippen LogP contribution in [-0.4, -0.2) is 58.5 Å². The number of amides is 1. The van der Waals surface area contributed by atoms with Crippen LogP contribution in [-0.2, 0) is 7.05 Å². The fourth-order valence-corrected chi connectivity index (χ4v) is 3.50. The molecule has 3 heterocycles. The van der Waals surface area contributed by atoms with E-state index in [9.17, 15) is 9.59 Å². The zero-order chi connectivity index (χ0) is 19.0. The first kappa shape index (κ1) is 17.4. The molecule has 27 heavy (non-hydrogen) atoms. The molecule has 0 N–H and O–H groups in total. The average Bonchev–Trinajstić information content (AvgIpc) is 2.71. The van der Waals surface area contributed by atoms with Gasteiger partial charge >= 0.3 is 0 Å². The normalized spacial score (nSPS) is 15.3. The molecule has 6 nitrogen and oxygen atoms in total. The SMILES string of the molecule is CN1CCN(C(=O)c2ccc(-c3cn(C)c(=O)c4ncccc34)cc2)CC1. The Bertz CT molecular complexity index is 1050. The largest absolute Gasteiger partial charge is 0.336 e. The zero-order valence-electron chi connectivity index (χ0n) is 15.6. The van der Waals surface area contributed by atoms with E-state index in [4.69, 9.17) is 0 Å². The first-order chi connectivity index (χ1) is 13.0. The number of rotatable bonds is 2. The van der Waals surface area contributed by atoms with Gasteiger partial charge < -0.3 is 14.4 Å². The first-order valence-electron chi connectivity index (χ1n) is 9.07. The van der Waals surface area contributed by atoms with Gasteiger partial charge in [0.15, 0.2) is 0 Å². The number of carbonyl (C=O) groups is 1. The number of nitrogens with zero attached hydrogens (tertiary/aromatic N) is 4. The molecule has 0 bridgehead atoms. The summed E-state index contributed by atoms with van der Waals surface area (Å²) in [7, 11) is 3.80. The number of aromatic nitrogens is 2. The molecule has 0 spiro atoms. The van der Waals surface area contributed by atoms with Gasteiger partial charge in [-0.3, -0.25) is 14.6 Å². The monoisotopic (exact) mass is 362 g/mol. The standard InChI is InChI=1S/C21H22N4O2/c1-23-10-12-25(13-11-23)20(26)16-7-5-15(6-8-16)18-14-24(2)21(27)19-17(18)4-3-9-22-19/h3-9,14H,10-13H2,1-2H3. The Balaban J connectivity index is 1.67. The predicted molar refractivity (Wildman–Crippen MR) is 106 cm³/mol. The van der Waals surface area contributed by atoms with Gasteiger partial charge in [-0.25, -0.2) is 0 Å². The molecule has 1 fully saturated rings. The molecule has 0 aliphatic carbocycles. The lowest BCUT2D eigenvalue weighted by Crippen LogP contribution is -2.47. The first-order valence-corrected chi connectivity index (χ1v) is 9.07. The maximum Gasteiger partial charge on any atom is 0.276 e. The number of aryl methyl sites for hydroxylation is 1. The van der Waals surface area contributed by atoms with Crippen LogP contribution in [0.2, 0.25) is 0 Å². The summed E-state index contributed by atoms with van der Waals surface area (Å²) in [6.45, 7) is 3.32. The van der Waals surface area contributed by atoms with E-state index < -0.39 is 0 Å². The van der Waals surface area contributed by atoms with Crippen LogP contribution in [0.15, 0.2) is 53.6 Å². The number of hydrogen-bond donors (Lipinski definition) is 0. The Morgan fingerprint density at radius 1 is 1.00 bits per heavy atom. The number of hydrogen-bond acceptors (Lipinski definition) is 4. The van der Waals surface area contributed by atoms with Crippen molar-refractivity contribution in [2.45, 2.75) is 0 Å². The third-order valence-corrected chi connectivity index (χ3v) is 5.18. The van der Waals surface area contributed by atoms with E-state index in [0.29, 0.717) is 11.1 Å². The van der Waals surface area contributed by atoms with Crippen LogP contribution in [0, 0.1) is 0 Å². The van der Waals surface area contributed by atoms with Gasteiger partial charge in [0.1, 0.15) is 5.52 Å². The van der Waals surface area contributed by atoms with Gasteiger partial charge in [-0.05, 0) is 30.8 Å². The molecule has 0 saturated carbocycles. The number of carbonyl (C=O) groups excluding carboxylic acids is 1. The van der Waals surface area contributed by atoms with Crippen molar-refractivity contribution in [3.8, 4) is 11.1 Å². The van der Waals surface area contributed by atoms with Crippen LogP contribution in [0.25, 0.3) is 22.0 Å². The summed E-state index contributed by atoms with van der Waals surface area (Å²) >= 11 is 0. The number of piperazine rings is 1. The van der Waals surface area contributed by atoms with E-state index in [1.807, 2.05) is 47.5 Å². The Morgan fingerprint density at radius 2 is 1.70 bits per heavy atom. The Morgan fingerprint density at radius 3 is 2.41 bits per heavy atom. The molecular weight excluding hydrogens is 340 g/mol. The smallest absolute Gasteiger partial charge is 0.276 e. The quantitative estimate of drug-likeness (QED) is 0.700. The maximum atomic E-state index is 12.7. The molecule has 1 aromatic carbocycles. The number of benzene rings is 1. The highest BCUT2D eigenvalue weighted by Gasteiger charge is 2.20. The van der Waals surface area contributed by atoms with Crippen LogP contribution in [0.5, 0.6) is 0 Å². The number of likely N-dealkylation sites (N-methyl/N-ethyl adjacent to an activating group) is 1. The average molecular weight is 362 g/mol. The van der Waals surface area contributed by atoms with Crippen molar-refractivity contribution in [1.29, 1.82) is 0 Å². The molecule has 6 heteroatoms. The molecule has 1 saturated heterocycles. The minimum atomic E-state index is -0.115. The molecule has 3 aromatic rings. The van der Waals surface area contributed by atoms with E-state index in [1.54, 1.807) is 17.8 Å². The Kier molecular flexibility index (Phi) is 4.49. The molecule has 0 unspecified atom stereocenters. The molecular formula is C21H22N4O2. The highest BCUT2D eigenvalue weighted by molar-refractivity contribution is 5.97. The van der Waals surface area contributed by atoms with Crippen LogP contribution >= 0.6 is 0 Å². The third-order valence-electron chi connectivity index (χ3n) is 5.18. The molecule has 2 aromatic heterocycles. The molecule has 1 amide bonds. The molecule has 4 rings (SSSR count). The minimum Gasteiger partial charge on any atom is -0.336 e. The van der Waals surface area contributed by atoms with Crippen LogP contribution < -0.4 is 5.56 Å². The fourth-order valence-electron chi connectivity index (χ4n) is 3.50. The van der Waals surface area contributed by atoms with Gasteiger partial charge in [-0.2, -0.15) is 0 Å². The van der Waals surface area contributed by atoms with E-state index >= 15 is 0 Å². The van der Waals surface area contributed by atoms with Crippen molar-refractivity contribution in [3.63, 3.8) is 0 Å². The summed E-state index contributed by atoms with van der Waals surface area (Å²) in [5.41, 5.74) is 2.92. The molecule has 138 valence electrons. The van der Waals surface area contributed by atoms with Gasteiger partial charge in [-0.15, -0.1) is 0 Å². The topological polar surface area (TPSA) is 58.4 Å². The number of pyridine rings is 2. The molecule has 1 aliphatic rings. The molecule has 0 radical (unpaired) electrons. The van der Waals surface area contributed by atoms with E-state index in [-0.39, 0.29) is 11.5 Å². The van der Waals surface area contributed by atoms with E-state index in [2.05, 4.69) is 16.9 Å². The molecule has 1 aliphatic heterocycles. The minimum absolute atomic E-state index is 0.0710. The summed E-state index contributed by atoms with van der Waals surface area (Å²) in [5, 5.41) is 0.818. The fraction of sp³-hybridized carbons (Fsp3) is 0.286. The lowest BCUT2D eigenvalue weighted by atomic mass is 10.0. The molecule has 0 atom stereocenters. The van der Waals surface area contributed by atoms with E-state index in [1.165, 1.54) is 0 Å². The second kappa shape index (κ2) is 6.96. The Hall–Kier alpha value is -2.99. The highest BCUT2D eigenvalue weighted by atomic mass is 16.2. The van der Waals surface area contributed by atoms with Gasteiger partial charge in [0.05, 0.1) is 0 Å². The van der Waals surface area contributed by atoms with Crippen molar-refractivity contribution in [3.05, 3.63) is 64.7 Å². The lowest BCUT2D eigenvalue weighted by Gasteiger charge is -2.32. The second-order valence-electron chi connectivity index (χ2n) is 7.03. The van der Waals surface area contributed by atoms with Gasteiger partial charge in [0.2, 0.25) is 0 Å². The van der Waals surface area contributed by atoms with Crippen LogP contribution in [0.4, 0.5) is 0 Å².